The zero-order valence-corrected chi connectivity index (χ0v) is 14.2. The first-order chi connectivity index (χ1) is 11.9. The van der Waals surface area contributed by atoms with Gasteiger partial charge in [0.05, 0.1) is 0 Å². The highest BCUT2D eigenvalue weighted by Gasteiger charge is 2.58. The first-order valence-electron chi connectivity index (χ1n) is 8.53. The molecule has 134 valence electrons. The van der Waals surface area contributed by atoms with E-state index in [0.717, 1.165) is 5.56 Å². The maximum absolute atomic E-state index is 13.2. The second-order valence-electron chi connectivity index (χ2n) is 7.05. The summed E-state index contributed by atoms with van der Waals surface area (Å²) in [5, 5.41) is 9.77. The molecule has 0 aliphatic carbocycles. The first-order valence-corrected chi connectivity index (χ1v) is 8.53. The van der Waals surface area contributed by atoms with E-state index in [9.17, 15) is 19.1 Å². The fourth-order valence-corrected chi connectivity index (χ4v) is 4.09. The molecule has 5 nitrogen and oxygen atoms in total. The van der Waals surface area contributed by atoms with Gasteiger partial charge in [-0.3, -0.25) is 14.5 Å². The molecule has 0 saturated carbocycles. The van der Waals surface area contributed by atoms with Crippen molar-refractivity contribution in [1.82, 2.24) is 9.80 Å². The summed E-state index contributed by atoms with van der Waals surface area (Å²) >= 11 is 0. The van der Waals surface area contributed by atoms with Gasteiger partial charge in [0, 0.05) is 45.1 Å². The van der Waals surface area contributed by atoms with E-state index in [1.807, 2.05) is 0 Å². The molecule has 0 aromatic heterocycles. The van der Waals surface area contributed by atoms with Crippen LogP contribution < -0.4 is 0 Å². The fourth-order valence-electron chi connectivity index (χ4n) is 4.09. The summed E-state index contributed by atoms with van der Waals surface area (Å²) in [6.07, 6.45) is 2.50. The first kappa shape index (κ1) is 17.6. The monoisotopic (exact) mass is 346 g/mol. The molecule has 1 aromatic carbocycles. The largest absolute Gasteiger partial charge is 0.481 e. The molecular weight excluding hydrogens is 323 g/mol. The van der Waals surface area contributed by atoms with E-state index in [1.54, 1.807) is 23.1 Å². The van der Waals surface area contributed by atoms with Crippen LogP contribution >= 0.6 is 0 Å². The lowest BCUT2D eigenvalue weighted by Crippen LogP contribution is -2.42. The number of hydrogen-bond acceptors (Lipinski definition) is 3. The Morgan fingerprint density at radius 1 is 1.36 bits per heavy atom. The number of carboxylic acid groups (broad SMARTS) is 1. The minimum atomic E-state index is -0.877. The van der Waals surface area contributed by atoms with Crippen LogP contribution in [0.2, 0.25) is 0 Å². The van der Waals surface area contributed by atoms with E-state index in [1.165, 1.54) is 12.1 Å². The lowest BCUT2D eigenvalue weighted by Gasteiger charge is -2.25. The average molecular weight is 346 g/mol. The number of carboxylic acids is 1. The number of halogens is 1. The van der Waals surface area contributed by atoms with E-state index in [0.29, 0.717) is 32.6 Å². The number of nitrogens with zero attached hydrogens (tertiary/aromatic N) is 2. The number of hydrogen-bond donors (Lipinski definition) is 1. The number of rotatable bonds is 6. The Morgan fingerprint density at radius 2 is 2.16 bits per heavy atom. The molecule has 2 saturated heterocycles. The van der Waals surface area contributed by atoms with Crippen LogP contribution in [-0.2, 0) is 16.0 Å². The topological polar surface area (TPSA) is 60.9 Å². The van der Waals surface area contributed by atoms with Gasteiger partial charge in [0.15, 0.2) is 0 Å². The van der Waals surface area contributed by atoms with Gasteiger partial charge >= 0.3 is 5.97 Å². The molecule has 3 rings (SSSR count). The highest BCUT2D eigenvalue weighted by Crippen LogP contribution is 2.43. The predicted octanol–water partition coefficient (Wildman–Crippen LogP) is 1.79. The number of aryl methyl sites for hydroxylation is 1. The third kappa shape index (κ3) is 3.44. The number of carbonyl (C=O) groups excluding carboxylic acids is 1. The van der Waals surface area contributed by atoms with E-state index in [-0.39, 0.29) is 30.6 Å². The summed E-state index contributed by atoms with van der Waals surface area (Å²) in [4.78, 5) is 28.2. The summed E-state index contributed by atoms with van der Waals surface area (Å²) in [6, 6.07) is 6.22. The second-order valence-corrected chi connectivity index (χ2v) is 7.05. The molecule has 25 heavy (non-hydrogen) atoms. The van der Waals surface area contributed by atoms with E-state index < -0.39 is 11.4 Å². The molecule has 2 aliphatic rings. The van der Waals surface area contributed by atoms with Crippen LogP contribution in [0.4, 0.5) is 4.39 Å². The van der Waals surface area contributed by atoms with Crippen molar-refractivity contribution in [3.63, 3.8) is 0 Å². The fraction of sp³-hybridized carbons (Fsp3) is 0.474. The van der Waals surface area contributed by atoms with Crippen molar-refractivity contribution in [2.45, 2.75) is 12.8 Å². The predicted molar refractivity (Wildman–Crippen MR) is 91.5 cm³/mol. The van der Waals surface area contributed by atoms with Crippen LogP contribution in [0, 0.1) is 17.2 Å². The normalized spacial score (nSPS) is 25.8. The highest BCUT2D eigenvalue weighted by molar-refractivity contribution is 5.81. The van der Waals surface area contributed by atoms with Gasteiger partial charge in [-0.1, -0.05) is 18.2 Å². The number of carbonyl (C=O) groups is 2. The number of benzene rings is 1. The average Bonchev–Trinajstić information content (AvgIpc) is 3.08. The van der Waals surface area contributed by atoms with Crippen molar-refractivity contribution >= 4 is 11.9 Å². The minimum Gasteiger partial charge on any atom is -0.481 e. The Morgan fingerprint density at radius 3 is 2.80 bits per heavy atom. The summed E-state index contributed by atoms with van der Waals surface area (Å²) in [5.74, 6) is -1.25. The lowest BCUT2D eigenvalue weighted by molar-refractivity contribution is -0.149. The molecule has 0 radical (unpaired) electrons. The second kappa shape index (κ2) is 6.96. The van der Waals surface area contributed by atoms with Gasteiger partial charge in [0.1, 0.15) is 11.2 Å². The molecule has 6 heteroatoms. The van der Waals surface area contributed by atoms with Crippen molar-refractivity contribution in [1.29, 1.82) is 0 Å². The SMILES string of the molecule is C=CCN1CC2CN(C(=O)CCc3cccc(F)c3)CC2(C(=O)O)C1. The Bertz CT molecular complexity index is 693. The standard InChI is InChI=1S/C19H23FN2O3/c1-2-8-21-10-15-11-22(13-19(15,12-21)18(24)25)17(23)7-6-14-4-3-5-16(20)9-14/h2-5,9,15H,1,6-8,10-13H2,(H,24,25). The molecule has 1 amide bonds. The molecule has 1 N–H and O–H groups in total. The lowest BCUT2D eigenvalue weighted by atomic mass is 9.81. The molecule has 0 bridgehead atoms. The Balaban J connectivity index is 1.62. The molecule has 0 spiro atoms. The Labute approximate surface area is 146 Å². The van der Waals surface area contributed by atoms with Gasteiger partial charge in [-0.25, -0.2) is 4.39 Å². The van der Waals surface area contributed by atoms with Gasteiger partial charge in [-0.05, 0) is 24.1 Å². The molecular formula is C19H23FN2O3. The van der Waals surface area contributed by atoms with Crippen molar-refractivity contribution < 1.29 is 19.1 Å². The van der Waals surface area contributed by atoms with Crippen molar-refractivity contribution in [3.05, 3.63) is 48.3 Å². The van der Waals surface area contributed by atoms with Crippen LogP contribution in [0.1, 0.15) is 12.0 Å². The zero-order chi connectivity index (χ0) is 18.0. The van der Waals surface area contributed by atoms with Gasteiger partial charge in [-0.15, -0.1) is 6.58 Å². The van der Waals surface area contributed by atoms with Crippen molar-refractivity contribution in [2.24, 2.45) is 11.3 Å². The zero-order valence-electron chi connectivity index (χ0n) is 14.2. The Kier molecular flexibility index (Phi) is 4.90. The maximum Gasteiger partial charge on any atom is 0.313 e. The number of fused-ring (bicyclic) bond motifs is 1. The van der Waals surface area contributed by atoms with Gasteiger partial charge in [0.25, 0.3) is 0 Å². The van der Waals surface area contributed by atoms with E-state index in [4.69, 9.17) is 0 Å². The van der Waals surface area contributed by atoms with Crippen molar-refractivity contribution in [3.8, 4) is 0 Å². The third-order valence-corrected chi connectivity index (χ3v) is 5.36. The number of likely N-dealkylation sites (tertiary alicyclic amines) is 2. The molecule has 1 aromatic rings. The summed E-state index contributed by atoms with van der Waals surface area (Å²) < 4.78 is 13.2. The van der Waals surface area contributed by atoms with Crippen molar-refractivity contribution in [2.75, 3.05) is 32.7 Å². The Hall–Kier alpha value is -2.21. The summed E-state index contributed by atoms with van der Waals surface area (Å²) in [5.41, 5.74) is -0.102. The third-order valence-electron chi connectivity index (χ3n) is 5.36. The quantitative estimate of drug-likeness (QED) is 0.798. The molecule has 2 aliphatic heterocycles. The highest BCUT2D eigenvalue weighted by atomic mass is 19.1. The molecule has 2 fully saturated rings. The smallest absolute Gasteiger partial charge is 0.313 e. The van der Waals surface area contributed by atoms with Crippen LogP contribution in [0.25, 0.3) is 0 Å². The molecule has 2 unspecified atom stereocenters. The number of aliphatic carboxylic acids is 1. The van der Waals surface area contributed by atoms with E-state index >= 15 is 0 Å². The van der Waals surface area contributed by atoms with Crippen LogP contribution in [-0.4, -0.2) is 59.5 Å². The number of amides is 1. The molecule has 2 heterocycles. The minimum absolute atomic E-state index is 0.0527. The van der Waals surface area contributed by atoms with E-state index in [2.05, 4.69) is 11.5 Å². The van der Waals surface area contributed by atoms with Crippen LogP contribution in [0.5, 0.6) is 0 Å². The van der Waals surface area contributed by atoms with Crippen LogP contribution in [0.3, 0.4) is 0 Å². The summed E-state index contributed by atoms with van der Waals surface area (Å²) in [7, 11) is 0. The van der Waals surface area contributed by atoms with Gasteiger partial charge in [-0.2, -0.15) is 0 Å². The molecule has 2 atom stereocenters. The van der Waals surface area contributed by atoms with Gasteiger partial charge < -0.3 is 10.0 Å². The summed E-state index contributed by atoms with van der Waals surface area (Å²) in [6.45, 7) is 6.22. The van der Waals surface area contributed by atoms with Gasteiger partial charge in [0.2, 0.25) is 5.91 Å². The van der Waals surface area contributed by atoms with Crippen LogP contribution in [0.15, 0.2) is 36.9 Å². The maximum atomic E-state index is 13.2.